The molecule has 0 spiro atoms. The topological polar surface area (TPSA) is 41.5 Å². The highest BCUT2D eigenvalue weighted by Gasteiger charge is 2.17. The Hall–Kier alpha value is -2.13. The lowest BCUT2D eigenvalue weighted by Crippen LogP contribution is -2.14. The molecule has 100 valence electrons. The van der Waals surface area contributed by atoms with Crippen LogP contribution >= 0.6 is 11.6 Å². The van der Waals surface area contributed by atoms with E-state index in [0.717, 1.165) is 28.2 Å². The molecule has 3 rings (SSSR count). The predicted molar refractivity (Wildman–Crippen MR) is 82.1 cm³/mol. The van der Waals surface area contributed by atoms with E-state index in [1.807, 2.05) is 37.3 Å². The van der Waals surface area contributed by atoms with Crippen LogP contribution in [0, 0.1) is 6.92 Å². The number of aryl methyl sites for hydroxylation is 1. The van der Waals surface area contributed by atoms with Crippen molar-refractivity contribution in [3.05, 3.63) is 58.6 Å². The number of nitrogens with zero attached hydrogens (tertiary/aromatic N) is 1. The zero-order valence-electron chi connectivity index (χ0n) is 11.0. The van der Waals surface area contributed by atoms with Crippen LogP contribution in [-0.4, -0.2) is 11.6 Å². The summed E-state index contributed by atoms with van der Waals surface area (Å²) in [5.41, 5.74) is 4.30. The average molecular weight is 285 g/mol. The number of carbonyl (C=O) groups excluding carboxylic acids is 1. The quantitative estimate of drug-likeness (QED) is 0.841. The van der Waals surface area contributed by atoms with E-state index < -0.39 is 0 Å². The summed E-state index contributed by atoms with van der Waals surface area (Å²) in [4.78, 5) is 16.6. The normalized spacial score (nSPS) is 14.1. The van der Waals surface area contributed by atoms with Gasteiger partial charge in [-0.1, -0.05) is 29.8 Å². The minimum Gasteiger partial charge on any atom is -0.324 e. The maximum atomic E-state index is 12.0. The van der Waals surface area contributed by atoms with E-state index in [2.05, 4.69) is 10.3 Å². The van der Waals surface area contributed by atoms with Crippen molar-refractivity contribution in [1.29, 1.82) is 0 Å². The van der Waals surface area contributed by atoms with Crippen LogP contribution in [0.1, 0.15) is 17.5 Å². The van der Waals surface area contributed by atoms with Gasteiger partial charge in [0.1, 0.15) is 0 Å². The van der Waals surface area contributed by atoms with Gasteiger partial charge >= 0.3 is 0 Å². The lowest BCUT2D eigenvalue weighted by Gasteiger charge is -2.04. The summed E-state index contributed by atoms with van der Waals surface area (Å²) in [6.07, 6.45) is 0.259. The van der Waals surface area contributed by atoms with Gasteiger partial charge in [0.2, 0.25) is 5.91 Å². The maximum absolute atomic E-state index is 12.0. The minimum atomic E-state index is -0.0527. The molecule has 2 aromatic carbocycles. The van der Waals surface area contributed by atoms with Crippen molar-refractivity contribution in [2.45, 2.75) is 13.3 Å². The van der Waals surface area contributed by atoms with Gasteiger partial charge in [-0.2, -0.15) is 0 Å². The number of halogens is 1. The van der Waals surface area contributed by atoms with E-state index >= 15 is 0 Å². The fourth-order valence-corrected chi connectivity index (χ4v) is 2.31. The highest BCUT2D eigenvalue weighted by molar-refractivity contribution is 6.30. The third kappa shape index (κ3) is 2.58. The Morgan fingerprint density at radius 1 is 1.15 bits per heavy atom. The Labute approximate surface area is 122 Å². The zero-order valence-corrected chi connectivity index (χ0v) is 11.7. The molecule has 0 aliphatic carbocycles. The number of fused-ring (bicyclic) bond motifs is 1. The van der Waals surface area contributed by atoms with Gasteiger partial charge in [0, 0.05) is 5.02 Å². The second-order valence-electron chi connectivity index (χ2n) is 4.81. The van der Waals surface area contributed by atoms with Crippen molar-refractivity contribution in [3.8, 4) is 0 Å². The molecular weight excluding hydrogens is 272 g/mol. The Balaban J connectivity index is 2.08. The van der Waals surface area contributed by atoms with Gasteiger partial charge < -0.3 is 5.32 Å². The van der Waals surface area contributed by atoms with Gasteiger partial charge in [0.15, 0.2) is 0 Å². The van der Waals surface area contributed by atoms with Crippen molar-refractivity contribution >= 4 is 34.6 Å². The maximum Gasteiger partial charge on any atom is 0.230 e. The predicted octanol–water partition coefficient (Wildman–Crippen LogP) is 4.11. The first-order chi connectivity index (χ1) is 9.61. The number of nitrogens with one attached hydrogen (secondary N) is 1. The fraction of sp³-hybridized carbons (Fsp3) is 0.125. The SMILES string of the molecule is Cc1ccc2c(c1)NC(=O)CC(c1ccc(Cl)cc1)=N2. The van der Waals surface area contributed by atoms with E-state index in [1.54, 1.807) is 12.1 Å². The Morgan fingerprint density at radius 2 is 1.90 bits per heavy atom. The van der Waals surface area contributed by atoms with Crippen molar-refractivity contribution in [2.75, 3.05) is 5.32 Å². The Bertz CT molecular complexity index is 705. The molecule has 0 saturated carbocycles. The first-order valence-corrected chi connectivity index (χ1v) is 6.73. The van der Waals surface area contributed by atoms with Crippen LogP contribution in [0.2, 0.25) is 5.02 Å². The lowest BCUT2D eigenvalue weighted by atomic mass is 10.1. The van der Waals surface area contributed by atoms with E-state index in [9.17, 15) is 4.79 Å². The number of hydrogen-bond donors (Lipinski definition) is 1. The van der Waals surface area contributed by atoms with Crippen LogP contribution in [0.25, 0.3) is 0 Å². The van der Waals surface area contributed by atoms with Crippen LogP contribution < -0.4 is 5.32 Å². The molecular formula is C16H13ClN2O. The van der Waals surface area contributed by atoms with Crippen molar-refractivity contribution in [3.63, 3.8) is 0 Å². The van der Waals surface area contributed by atoms with Gasteiger partial charge in [-0.3, -0.25) is 9.79 Å². The molecule has 1 amide bonds. The molecule has 1 N–H and O–H groups in total. The first kappa shape index (κ1) is 12.9. The van der Waals surface area contributed by atoms with Crippen LogP contribution in [0.5, 0.6) is 0 Å². The fourth-order valence-electron chi connectivity index (χ4n) is 2.19. The highest BCUT2D eigenvalue weighted by Crippen LogP contribution is 2.30. The summed E-state index contributed by atoms with van der Waals surface area (Å²) >= 11 is 5.89. The summed E-state index contributed by atoms with van der Waals surface area (Å²) < 4.78 is 0. The van der Waals surface area contributed by atoms with Crippen LogP contribution in [0.3, 0.4) is 0 Å². The largest absolute Gasteiger partial charge is 0.324 e. The van der Waals surface area contributed by atoms with E-state index in [1.165, 1.54) is 0 Å². The minimum absolute atomic E-state index is 0.0527. The standard InChI is InChI=1S/C16H13ClN2O/c1-10-2-7-13-15(8-10)19-16(20)9-14(18-13)11-3-5-12(17)6-4-11/h2-8H,9H2,1H3,(H,19,20). The molecule has 1 aliphatic heterocycles. The Morgan fingerprint density at radius 3 is 2.65 bits per heavy atom. The number of rotatable bonds is 1. The molecule has 0 fully saturated rings. The second kappa shape index (κ2) is 5.10. The molecule has 20 heavy (non-hydrogen) atoms. The van der Waals surface area contributed by atoms with Crippen molar-refractivity contribution in [1.82, 2.24) is 0 Å². The monoisotopic (exact) mass is 284 g/mol. The molecule has 2 aromatic rings. The third-order valence-corrected chi connectivity index (χ3v) is 3.44. The molecule has 0 bridgehead atoms. The lowest BCUT2D eigenvalue weighted by molar-refractivity contribution is -0.115. The molecule has 0 saturated heterocycles. The summed E-state index contributed by atoms with van der Waals surface area (Å²) in [5.74, 6) is -0.0527. The van der Waals surface area contributed by atoms with E-state index in [0.29, 0.717) is 5.02 Å². The summed E-state index contributed by atoms with van der Waals surface area (Å²) in [6.45, 7) is 1.99. The van der Waals surface area contributed by atoms with Gasteiger partial charge in [0.05, 0.1) is 23.5 Å². The zero-order chi connectivity index (χ0) is 14.1. The van der Waals surface area contributed by atoms with Gasteiger partial charge in [0.25, 0.3) is 0 Å². The second-order valence-corrected chi connectivity index (χ2v) is 5.25. The third-order valence-electron chi connectivity index (χ3n) is 3.19. The smallest absolute Gasteiger partial charge is 0.230 e. The average Bonchev–Trinajstić information content (AvgIpc) is 2.57. The molecule has 0 radical (unpaired) electrons. The summed E-state index contributed by atoms with van der Waals surface area (Å²) in [5, 5.41) is 3.56. The number of hydrogen-bond acceptors (Lipinski definition) is 2. The summed E-state index contributed by atoms with van der Waals surface area (Å²) in [6, 6.07) is 13.2. The number of benzene rings is 2. The number of carbonyl (C=O) groups is 1. The van der Waals surface area contributed by atoms with Crippen LogP contribution in [0.15, 0.2) is 47.5 Å². The molecule has 0 unspecified atom stereocenters. The van der Waals surface area contributed by atoms with Crippen molar-refractivity contribution < 1.29 is 4.79 Å². The van der Waals surface area contributed by atoms with Crippen molar-refractivity contribution in [2.24, 2.45) is 4.99 Å². The number of anilines is 1. The molecule has 0 aromatic heterocycles. The van der Waals surface area contributed by atoms with Crippen LogP contribution in [0.4, 0.5) is 11.4 Å². The van der Waals surface area contributed by atoms with Gasteiger partial charge in [-0.15, -0.1) is 0 Å². The molecule has 1 aliphatic rings. The first-order valence-electron chi connectivity index (χ1n) is 6.36. The Kier molecular flexibility index (Phi) is 3.28. The number of aliphatic imine (C=N–C) groups is 1. The van der Waals surface area contributed by atoms with Crippen LogP contribution in [-0.2, 0) is 4.79 Å². The van der Waals surface area contributed by atoms with E-state index in [-0.39, 0.29) is 12.3 Å². The molecule has 0 atom stereocenters. The highest BCUT2D eigenvalue weighted by atomic mass is 35.5. The van der Waals surface area contributed by atoms with Gasteiger partial charge in [-0.25, -0.2) is 0 Å². The molecule has 1 heterocycles. The van der Waals surface area contributed by atoms with Gasteiger partial charge in [-0.05, 0) is 42.3 Å². The van der Waals surface area contributed by atoms with E-state index in [4.69, 9.17) is 11.6 Å². The number of amides is 1. The molecule has 4 heteroatoms. The summed E-state index contributed by atoms with van der Waals surface area (Å²) in [7, 11) is 0. The molecule has 3 nitrogen and oxygen atoms in total.